The van der Waals surface area contributed by atoms with E-state index >= 15 is 0 Å². The van der Waals surface area contributed by atoms with Crippen LogP contribution in [0.25, 0.3) is 10.9 Å². The van der Waals surface area contributed by atoms with Gasteiger partial charge in [0.1, 0.15) is 0 Å². The van der Waals surface area contributed by atoms with E-state index in [-0.39, 0.29) is 0 Å². The lowest BCUT2D eigenvalue weighted by molar-refractivity contribution is 0.322. The Kier molecular flexibility index (Phi) is 3.40. The molecule has 1 heteroatoms. The van der Waals surface area contributed by atoms with Crippen LogP contribution in [0.5, 0.6) is 0 Å². The van der Waals surface area contributed by atoms with Crippen molar-refractivity contribution in [3.8, 4) is 0 Å². The number of nitrogens with zero attached hydrogens (tertiary/aromatic N) is 1. The van der Waals surface area contributed by atoms with Gasteiger partial charge >= 0.3 is 0 Å². The monoisotopic (exact) mass is 241 g/mol. The molecule has 0 unspecified atom stereocenters. The average Bonchev–Trinajstić information content (AvgIpc) is 2.83. The highest BCUT2D eigenvalue weighted by Crippen LogP contribution is 2.28. The fourth-order valence-electron chi connectivity index (χ4n) is 3.43. The first-order valence-electron chi connectivity index (χ1n) is 7.45. The standard InChI is InChI=1S/C17H23N/c1-2-15-9-6-10-16-11-12-18(17(15)16)13-14-7-4-3-5-8-14/h6,9-12,14H,2-5,7-8,13H2,1H3. The minimum absolute atomic E-state index is 0.902. The normalized spacial score (nSPS) is 17.4. The van der Waals surface area contributed by atoms with Crippen molar-refractivity contribution in [2.24, 2.45) is 5.92 Å². The highest BCUT2D eigenvalue weighted by atomic mass is 15.0. The second-order valence-electron chi connectivity index (χ2n) is 5.68. The highest BCUT2D eigenvalue weighted by Gasteiger charge is 2.15. The summed E-state index contributed by atoms with van der Waals surface area (Å²) in [6.07, 6.45) is 10.6. The van der Waals surface area contributed by atoms with E-state index in [2.05, 4.69) is 42.0 Å². The van der Waals surface area contributed by atoms with Gasteiger partial charge in [-0.15, -0.1) is 0 Å². The maximum atomic E-state index is 2.50. The van der Waals surface area contributed by atoms with Crippen molar-refractivity contribution < 1.29 is 0 Å². The van der Waals surface area contributed by atoms with Crippen LogP contribution in [-0.4, -0.2) is 4.57 Å². The predicted octanol–water partition coefficient (Wildman–Crippen LogP) is 4.78. The molecule has 1 heterocycles. The third-order valence-corrected chi connectivity index (χ3v) is 4.43. The Balaban J connectivity index is 1.91. The van der Waals surface area contributed by atoms with E-state index in [0.29, 0.717) is 0 Å². The summed E-state index contributed by atoms with van der Waals surface area (Å²) in [5, 5.41) is 1.41. The molecule has 1 aromatic heterocycles. The van der Waals surface area contributed by atoms with Crippen molar-refractivity contribution >= 4 is 10.9 Å². The molecule has 1 fully saturated rings. The van der Waals surface area contributed by atoms with Crippen molar-refractivity contribution in [2.45, 2.75) is 52.0 Å². The first-order chi connectivity index (χ1) is 8.88. The van der Waals surface area contributed by atoms with Crippen molar-refractivity contribution in [1.29, 1.82) is 0 Å². The van der Waals surface area contributed by atoms with Gasteiger partial charge in [-0.3, -0.25) is 0 Å². The van der Waals surface area contributed by atoms with Gasteiger partial charge in [0.05, 0.1) is 5.52 Å². The van der Waals surface area contributed by atoms with Crippen LogP contribution < -0.4 is 0 Å². The molecule has 0 amide bonds. The molecule has 3 rings (SSSR count). The third kappa shape index (κ3) is 2.19. The van der Waals surface area contributed by atoms with Crippen LogP contribution in [0, 0.1) is 5.92 Å². The lowest BCUT2D eigenvalue weighted by Crippen LogP contribution is -2.13. The summed E-state index contributed by atoms with van der Waals surface area (Å²) in [4.78, 5) is 0. The topological polar surface area (TPSA) is 4.93 Å². The summed E-state index contributed by atoms with van der Waals surface area (Å²) in [5.41, 5.74) is 2.97. The summed E-state index contributed by atoms with van der Waals surface area (Å²) in [5.74, 6) is 0.902. The van der Waals surface area contributed by atoms with Crippen LogP contribution in [0.1, 0.15) is 44.6 Å². The minimum atomic E-state index is 0.902. The predicted molar refractivity (Wildman–Crippen MR) is 77.9 cm³/mol. The van der Waals surface area contributed by atoms with Crippen molar-refractivity contribution in [3.63, 3.8) is 0 Å². The Bertz CT molecular complexity index is 517. The Morgan fingerprint density at radius 3 is 2.72 bits per heavy atom. The number of aromatic nitrogens is 1. The smallest absolute Gasteiger partial charge is 0.0512 e. The Morgan fingerprint density at radius 2 is 1.94 bits per heavy atom. The van der Waals surface area contributed by atoms with Gasteiger partial charge in [-0.05, 0) is 42.2 Å². The van der Waals surface area contributed by atoms with Crippen molar-refractivity contribution in [2.75, 3.05) is 0 Å². The molecular weight excluding hydrogens is 218 g/mol. The molecule has 0 radical (unpaired) electrons. The number of para-hydroxylation sites is 1. The highest BCUT2D eigenvalue weighted by molar-refractivity contribution is 5.83. The van der Waals surface area contributed by atoms with Crippen LogP contribution >= 0.6 is 0 Å². The molecule has 1 aliphatic carbocycles. The van der Waals surface area contributed by atoms with Gasteiger partial charge in [-0.1, -0.05) is 44.4 Å². The second-order valence-corrected chi connectivity index (χ2v) is 5.68. The van der Waals surface area contributed by atoms with Crippen LogP contribution in [0.4, 0.5) is 0 Å². The molecule has 1 saturated carbocycles. The van der Waals surface area contributed by atoms with Gasteiger partial charge in [-0.2, -0.15) is 0 Å². The zero-order valence-corrected chi connectivity index (χ0v) is 11.4. The zero-order chi connectivity index (χ0) is 12.4. The van der Waals surface area contributed by atoms with Gasteiger partial charge in [0, 0.05) is 12.7 Å². The number of hydrogen-bond donors (Lipinski definition) is 0. The Hall–Kier alpha value is -1.24. The second kappa shape index (κ2) is 5.17. The van der Waals surface area contributed by atoms with E-state index in [1.165, 1.54) is 55.1 Å². The fourth-order valence-corrected chi connectivity index (χ4v) is 3.43. The van der Waals surface area contributed by atoms with Crippen LogP contribution in [0.15, 0.2) is 30.5 Å². The maximum Gasteiger partial charge on any atom is 0.0512 e. The average molecular weight is 241 g/mol. The molecule has 0 aliphatic heterocycles. The summed E-state index contributed by atoms with van der Waals surface area (Å²) >= 11 is 0. The molecule has 1 aromatic carbocycles. The molecular formula is C17H23N. The lowest BCUT2D eigenvalue weighted by atomic mass is 9.89. The molecule has 2 aromatic rings. The first kappa shape index (κ1) is 11.8. The third-order valence-electron chi connectivity index (χ3n) is 4.43. The lowest BCUT2D eigenvalue weighted by Gasteiger charge is -2.22. The summed E-state index contributed by atoms with van der Waals surface area (Å²) in [6.45, 7) is 3.48. The minimum Gasteiger partial charge on any atom is -0.347 e. The number of aryl methyl sites for hydroxylation is 1. The molecule has 0 bridgehead atoms. The van der Waals surface area contributed by atoms with E-state index in [1.54, 1.807) is 0 Å². The summed E-state index contributed by atoms with van der Waals surface area (Å²) in [7, 11) is 0. The largest absolute Gasteiger partial charge is 0.347 e. The number of fused-ring (bicyclic) bond motifs is 1. The molecule has 18 heavy (non-hydrogen) atoms. The maximum absolute atomic E-state index is 2.50. The molecule has 1 nitrogen and oxygen atoms in total. The van der Waals surface area contributed by atoms with E-state index in [1.807, 2.05) is 0 Å². The van der Waals surface area contributed by atoms with Crippen molar-refractivity contribution in [3.05, 3.63) is 36.0 Å². The van der Waals surface area contributed by atoms with E-state index in [4.69, 9.17) is 0 Å². The Morgan fingerprint density at radius 1 is 1.11 bits per heavy atom. The Labute approximate surface area is 110 Å². The van der Waals surface area contributed by atoms with Gasteiger partial charge in [0.2, 0.25) is 0 Å². The van der Waals surface area contributed by atoms with Gasteiger partial charge in [-0.25, -0.2) is 0 Å². The SMILES string of the molecule is CCc1cccc2ccn(CC3CCCCC3)c12. The fraction of sp³-hybridized carbons (Fsp3) is 0.529. The van der Waals surface area contributed by atoms with E-state index in [0.717, 1.165) is 12.3 Å². The molecule has 0 spiro atoms. The van der Waals surface area contributed by atoms with E-state index < -0.39 is 0 Å². The summed E-state index contributed by atoms with van der Waals surface area (Å²) < 4.78 is 2.50. The van der Waals surface area contributed by atoms with Gasteiger partial charge < -0.3 is 4.57 Å². The molecule has 96 valence electrons. The van der Waals surface area contributed by atoms with Crippen LogP contribution in [0.2, 0.25) is 0 Å². The van der Waals surface area contributed by atoms with Crippen LogP contribution in [-0.2, 0) is 13.0 Å². The summed E-state index contributed by atoms with van der Waals surface area (Å²) in [6, 6.07) is 8.98. The van der Waals surface area contributed by atoms with Gasteiger partial charge in [0.25, 0.3) is 0 Å². The van der Waals surface area contributed by atoms with Gasteiger partial charge in [0.15, 0.2) is 0 Å². The van der Waals surface area contributed by atoms with Crippen molar-refractivity contribution in [1.82, 2.24) is 4.57 Å². The first-order valence-corrected chi connectivity index (χ1v) is 7.45. The number of hydrogen-bond acceptors (Lipinski definition) is 0. The molecule has 1 aliphatic rings. The number of benzene rings is 1. The quantitative estimate of drug-likeness (QED) is 0.728. The number of rotatable bonds is 3. The zero-order valence-electron chi connectivity index (χ0n) is 11.4. The molecule has 0 atom stereocenters. The van der Waals surface area contributed by atoms with Crippen LogP contribution in [0.3, 0.4) is 0 Å². The molecule has 0 saturated heterocycles. The van der Waals surface area contributed by atoms with E-state index in [9.17, 15) is 0 Å². The molecule has 0 N–H and O–H groups in total.